The summed E-state index contributed by atoms with van der Waals surface area (Å²) >= 11 is 1.51. The highest BCUT2D eigenvalue weighted by atomic mass is 32.1. The Morgan fingerprint density at radius 1 is 1.46 bits per heavy atom. The number of aryl methyl sites for hydroxylation is 1. The lowest BCUT2D eigenvalue weighted by Gasteiger charge is -2.28. The van der Waals surface area contributed by atoms with Crippen LogP contribution in [0.2, 0.25) is 0 Å². The molecule has 0 aromatic carbocycles. The van der Waals surface area contributed by atoms with E-state index in [1.54, 1.807) is 22.8 Å². The number of ether oxygens (including phenoxy) is 1. The van der Waals surface area contributed by atoms with Gasteiger partial charge in [-0.25, -0.2) is 14.6 Å². The number of amides is 2. The van der Waals surface area contributed by atoms with E-state index >= 15 is 0 Å². The van der Waals surface area contributed by atoms with Crippen molar-refractivity contribution in [1.29, 1.82) is 0 Å². The summed E-state index contributed by atoms with van der Waals surface area (Å²) in [5.74, 6) is -0.442. The topological polar surface area (TPSA) is 89.4 Å². The van der Waals surface area contributed by atoms with Gasteiger partial charge in [-0.1, -0.05) is 0 Å². The zero-order chi connectivity index (χ0) is 17.3. The SMILES string of the molecule is COC(=O)c1nn(C)c2c1CCN(C(=O)NC(C)c1nccs1)C2. The van der Waals surface area contributed by atoms with Crippen LogP contribution in [0.5, 0.6) is 0 Å². The maximum absolute atomic E-state index is 12.5. The van der Waals surface area contributed by atoms with Gasteiger partial charge in [0.2, 0.25) is 0 Å². The maximum atomic E-state index is 12.5. The molecule has 0 saturated heterocycles. The molecule has 1 atom stereocenters. The highest BCUT2D eigenvalue weighted by Crippen LogP contribution is 2.23. The monoisotopic (exact) mass is 349 g/mol. The first kappa shape index (κ1) is 16.4. The van der Waals surface area contributed by atoms with E-state index in [0.29, 0.717) is 25.2 Å². The fourth-order valence-electron chi connectivity index (χ4n) is 2.79. The zero-order valence-corrected chi connectivity index (χ0v) is 14.6. The van der Waals surface area contributed by atoms with Crippen molar-refractivity contribution in [2.75, 3.05) is 13.7 Å². The number of thiazole rings is 1. The summed E-state index contributed by atoms with van der Waals surface area (Å²) in [6.45, 7) is 2.84. The Morgan fingerprint density at radius 2 is 2.25 bits per heavy atom. The molecule has 0 saturated carbocycles. The van der Waals surface area contributed by atoms with E-state index in [9.17, 15) is 9.59 Å². The van der Waals surface area contributed by atoms with Crippen LogP contribution in [0, 0.1) is 0 Å². The zero-order valence-electron chi connectivity index (χ0n) is 13.8. The van der Waals surface area contributed by atoms with Crippen LogP contribution < -0.4 is 5.32 Å². The highest BCUT2D eigenvalue weighted by molar-refractivity contribution is 7.09. The first-order valence-corrected chi connectivity index (χ1v) is 8.47. The van der Waals surface area contributed by atoms with Crippen molar-refractivity contribution in [2.45, 2.75) is 25.9 Å². The average Bonchev–Trinajstić information content (AvgIpc) is 3.22. The summed E-state index contributed by atoms with van der Waals surface area (Å²) in [5.41, 5.74) is 2.06. The van der Waals surface area contributed by atoms with Crippen LogP contribution >= 0.6 is 11.3 Å². The lowest BCUT2D eigenvalue weighted by Crippen LogP contribution is -2.44. The van der Waals surface area contributed by atoms with Gasteiger partial charge in [0.05, 0.1) is 25.4 Å². The summed E-state index contributed by atoms with van der Waals surface area (Å²) in [6.07, 6.45) is 2.30. The largest absolute Gasteiger partial charge is 0.464 e. The molecule has 8 nitrogen and oxygen atoms in total. The van der Waals surface area contributed by atoms with Crippen molar-refractivity contribution < 1.29 is 14.3 Å². The summed E-state index contributed by atoms with van der Waals surface area (Å²) in [7, 11) is 3.11. The fourth-order valence-corrected chi connectivity index (χ4v) is 3.44. The Balaban J connectivity index is 1.72. The van der Waals surface area contributed by atoms with Gasteiger partial charge in [-0.15, -0.1) is 11.3 Å². The van der Waals surface area contributed by atoms with Crippen LogP contribution in [0.25, 0.3) is 0 Å². The van der Waals surface area contributed by atoms with E-state index in [1.165, 1.54) is 18.4 Å². The number of urea groups is 1. The van der Waals surface area contributed by atoms with Crippen LogP contribution in [-0.2, 0) is 24.8 Å². The predicted octanol–water partition coefficient (Wildman–Crippen LogP) is 1.49. The molecule has 128 valence electrons. The summed E-state index contributed by atoms with van der Waals surface area (Å²) in [5, 5.41) is 9.94. The molecule has 1 N–H and O–H groups in total. The number of nitrogens with zero attached hydrogens (tertiary/aromatic N) is 4. The van der Waals surface area contributed by atoms with Gasteiger partial charge in [0, 0.05) is 30.7 Å². The molecule has 24 heavy (non-hydrogen) atoms. The number of esters is 1. The normalized spacial score (nSPS) is 14.9. The second kappa shape index (κ2) is 6.60. The van der Waals surface area contributed by atoms with Crippen LogP contribution in [-0.4, -0.2) is 45.3 Å². The van der Waals surface area contributed by atoms with Gasteiger partial charge in [0.1, 0.15) is 5.01 Å². The van der Waals surface area contributed by atoms with Crippen LogP contribution in [0.4, 0.5) is 4.79 Å². The number of rotatable bonds is 3. The van der Waals surface area contributed by atoms with Crippen molar-refractivity contribution in [3.05, 3.63) is 33.5 Å². The van der Waals surface area contributed by atoms with Crippen molar-refractivity contribution in [1.82, 2.24) is 25.0 Å². The summed E-state index contributed by atoms with van der Waals surface area (Å²) in [6, 6.07) is -0.291. The smallest absolute Gasteiger partial charge is 0.358 e. The molecule has 2 aromatic heterocycles. The van der Waals surface area contributed by atoms with E-state index in [0.717, 1.165) is 16.3 Å². The first-order chi connectivity index (χ1) is 11.5. The number of carbonyl (C=O) groups excluding carboxylic acids is 2. The molecule has 3 heterocycles. The van der Waals surface area contributed by atoms with Crippen molar-refractivity contribution in [2.24, 2.45) is 7.05 Å². The minimum absolute atomic E-state index is 0.143. The van der Waals surface area contributed by atoms with E-state index in [4.69, 9.17) is 4.74 Å². The van der Waals surface area contributed by atoms with Crippen LogP contribution in [0.1, 0.15) is 39.7 Å². The third-order valence-electron chi connectivity index (χ3n) is 4.07. The molecule has 0 spiro atoms. The minimum atomic E-state index is -0.442. The molecule has 0 bridgehead atoms. The lowest BCUT2D eigenvalue weighted by atomic mass is 10.0. The second-order valence-electron chi connectivity index (χ2n) is 5.60. The quantitative estimate of drug-likeness (QED) is 0.848. The number of methoxy groups -OCH3 is 1. The van der Waals surface area contributed by atoms with Crippen molar-refractivity contribution >= 4 is 23.3 Å². The van der Waals surface area contributed by atoms with Crippen LogP contribution in [0.15, 0.2) is 11.6 Å². The molecule has 0 aliphatic carbocycles. The maximum Gasteiger partial charge on any atom is 0.358 e. The Kier molecular flexibility index (Phi) is 4.52. The molecule has 1 aliphatic rings. The molecule has 0 radical (unpaired) electrons. The van der Waals surface area contributed by atoms with E-state index in [1.807, 2.05) is 12.3 Å². The molecular weight excluding hydrogens is 330 g/mol. The van der Waals surface area contributed by atoms with Gasteiger partial charge in [0.15, 0.2) is 5.69 Å². The molecule has 1 aliphatic heterocycles. The van der Waals surface area contributed by atoms with Crippen LogP contribution in [0.3, 0.4) is 0 Å². The van der Waals surface area contributed by atoms with Crippen molar-refractivity contribution in [3.63, 3.8) is 0 Å². The van der Waals surface area contributed by atoms with E-state index < -0.39 is 5.97 Å². The molecular formula is C15H19N5O3S. The lowest BCUT2D eigenvalue weighted by molar-refractivity contribution is 0.0591. The Morgan fingerprint density at radius 3 is 2.92 bits per heavy atom. The van der Waals surface area contributed by atoms with Gasteiger partial charge >= 0.3 is 12.0 Å². The van der Waals surface area contributed by atoms with Gasteiger partial charge in [-0.3, -0.25) is 4.68 Å². The van der Waals surface area contributed by atoms with Gasteiger partial charge < -0.3 is 15.0 Å². The Hall–Kier alpha value is -2.42. The Labute approximate surface area is 143 Å². The number of aromatic nitrogens is 3. The first-order valence-electron chi connectivity index (χ1n) is 7.59. The second-order valence-corrected chi connectivity index (χ2v) is 6.53. The number of fused-ring (bicyclic) bond motifs is 1. The molecule has 1 unspecified atom stereocenters. The molecule has 3 rings (SSSR count). The third-order valence-corrected chi connectivity index (χ3v) is 5.03. The van der Waals surface area contributed by atoms with Gasteiger partial charge in [0.25, 0.3) is 0 Å². The number of hydrogen-bond acceptors (Lipinski definition) is 6. The highest BCUT2D eigenvalue weighted by Gasteiger charge is 2.30. The summed E-state index contributed by atoms with van der Waals surface area (Å²) < 4.78 is 6.41. The number of hydrogen-bond donors (Lipinski definition) is 1. The standard InChI is InChI=1S/C15H19N5O3S/c1-9(13-16-5-7-24-13)17-15(22)20-6-4-10-11(8-20)19(2)18-12(10)14(21)23-3/h5,7,9H,4,6,8H2,1-3H3,(H,17,22). The number of nitrogens with one attached hydrogen (secondary N) is 1. The number of carbonyl (C=O) groups is 2. The van der Waals surface area contributed by atoms with Crippen molar-refractivity contribution in [3.8, 4) is 0 Å². The molecule has 0 fully saturated rings. The predicted molar refractivity (Wildman–Crippen MR) is 87.7 cm³/mol. The third kappa shape index (κ3) is 2.99. The van der Waals surface area contributed by atoms with E-state index in [-0.39, 0.29) is 12.1 Å². The van der Waals surface area contributed by atoms with E-state index in [2.05, 4.69) is 15.4 Å². The summed E-state index contributed by atoms with van der Waals surface area (Å²) in [4.78, 5) is 30.2. The average molecular weight is 349 g/mol. The minimum Gasteiger partial charge on any atom is -0.464 e. The molecule has 2 aromatic rings. The molecule has 9 heteroatoms. The van der Waals surface area contributed by atoms with Gasteiger partial charge in [-0.05, 0) is 13.3 Å². The molecule has 2 amide bonds. The van der Waals surface area contributed by atoms with Gasteiger partial charge in [-0.2, -0.15) is 5.10 Å². The Bertz CT molecular complexity index is 756. The fraction of sp³-hybridized carbons (Fsp3) is 0.467.